The van der Waals surface area contributed by atoms with E-state index < -0.39 is 0 Å². The van der Waals surface area contributed by atoms with Crippen molar-refractivity contribution in [1.29, 1.82) is 0 Å². The number of pyridine rings is 1. The Morgan fingerprint density at radius 2 is 2.03 bits per heavy atom. The van der Waals surface area contributed by atoms with Gasteiger partial charge in [0, 0.05) is 44.0 Å². The highest BCUT2D eigenvalue weighted by Gasteiger charge is 2.29. The summed E-state index contributed by atoms with van der Waals surface area (Å²) in [7, 11) is 0. The molecule has 3 aromatic rings. The number of benzene rings is 1. The first-order valence-electron chi connectivity index (χ1n) is 10.9. The smallest absolute Gasteiger partial charge is 0.254 e. The van der Waals surface area contributed by atoms with Crippen molar-refractivity contribution < 1.29 is 14.3 Å². The predicted molar refractivity (Wildman–Crippen MR) is 121 cm³/mol. The third-order valence-electron chi connectivity index (χ3n) is 5.86. The zero-order chi connectivity index (χ0) is 22.6. The minimum absolute atomic E-state index is 0.00219. The number of amides is 2. The second-order valence-corrected chi connectivity index (χ2v) is 8.02. The van der Waals surface area contributed by atoms with Gasteiger partial charge in [0.25, 0.3) is 5.91 Å². The summed E-state index contributed by atoms with van der Waals surface area (Å²) in [4.78, 5) is 41.6. The van der Waals surface area contributed by atoms with E-state index in [1.54, 1.807) is 34.6 Å². The van der Waals surface area contributed by atoms with Crippen LogP contribution < -0.4 is 5.32 Å². The van der Waals surface area contributed by atoms with Crippen LogP contribution in [0.3, 0.4) is 0 Å². The Labute approximate surface area is 191 Å². The molecule has 0 aliphatic carbocycles. The van der Waals surface area contributed by atoms with Crippen LogP contribution >= 0.6 is 0 Å². The number of ether oxygens (including phenoxy) is 1. The zero-order valence-electron chi connectivity index (χ0n) is 18.1. The van der Waals surface area contributed by atoms with Crippen molar-refractivity contribution in [2.24, 2.45) is 0 Å². The molecule has 0 spiro atoms. The molecule has 4 heterocycles. The SMILES string of the molecule is O=C(CCN1Cc2ccccc2C1=O)N1CCO[C@@H](c2ccc(Nc3cnccn3)cn2)C1. The van der Waals surface area contributed by atoms with E-state index >= 15 is 0 Å². The summed E-state index contributed by atoms with van der Waals surface area (Å²) in [5, 5.41) is 3.14. The molecule has 2 aromatic heterocycles. The summed E-state index contributed by atoms with van der Waals surface area (Å²) in [6.07, 6.45) is 6.58. The molecule has 1 fully saturated rings. The van der Waals surface area contributed by atoms with Gasteiger partial charge in [0.15, 0.2) is 0 Å². The Morgan fingerprint density at radius 1 is 1.12 bits per heavy atom. The van der Waals surface area contributed by atoms with Gasteiger partial charge in [-0.2, -0.15) is 0 Å². The average molecular weight is 444 g/mol. The molecule has 1 N–H and O–H groups in total. The summed E-state index contributed by atoms with van der Waals surface area (Å²) >= 11 is 0. The van der Waals surface area contributed by atoms with Gasteiger partial charge >= 0.3 is 0 Å². The molecule has 33 heavy (non-hydrogen) atoms. The fourth-order valence-electron chi connectivity index (χ4n) is 4.12. The van der Waals surface area contributed by atoms with Crippen LogP contribution in [0.15, 0.2) is 61.2 Å². The van der Waals surface area contributed by atoms with Crippen molar-refractivity contribution in [1.82, 2.24) is 24.8 Å². The summed E-state index contributed by atoms with van der Waals surface area (Å²) < 4.78 is 5.88. The molecule has 1 saturated heterocycles. The van der Waals surface area contributed by atoms with E-state index in [4.69, 9.17) is 4.74 Å². The average Bonchev–Trinajstić information content (AvgIpc) is 3.19. The quantitative estimate of drug-likeness (QED) is 0.624. The van der Waals surface area contributed by atoms with Crippen LogP contribution in [0.5, 0.6) is 0 Å². The number of aromatic nitrogens is 3. The van der Waals surface area contributed by atoms with Crippen molar-refractivity contribution >= 4 is 23.3 Å². The second-order valence-electron chi connectivity index (χ2n) is 8.02. The van der Waals surface area contributed by atoms with E-state index in [9.17, 15) is 9.59 Å². The molecule has 2 aliphatic heterocycles. The summed E-state index contributed by atoms with van der Waals surface area (Å²) in [5.41, 5.74) is 3.31. The fraction of sp³-hybridized carbons (Fsp3) is 0.292. The molecular formula is C24H24N6O3. The van der Waals surface area contributed by atoms with Gasteiger partial charge in [0.05, 0.1) is 36.9 Å². The van der Waals surface area contributed by atoms with Crippen molar-refractivity contribution in [3.05, 3.63) is 78.0 Å². The lowest BCUT2D eigenvalue weighted by molar-refractivity contribution is -0.139. The molecule has 2 amide bonds. The Balaban J connectivity index is 1.15. The first-order chi connectivity index (χ1) is 16.2. The Morgan fingerprint density at radius 3 is 2.82 bits per heavy atom. The topological polar surface area (TPSA) is 101 Å². The Hall–Kier alpha value is -3.85. The number of hydrogen-bond acceptors (Lipinski definition) is 7. The maximum atomic E-state index is 12.9. The van der Waals surface area contributed by atoms with Gasteiger partial charge in [-0.05, 0) is 23.8 Å². The number of hydrogen-bond donors (Lipinski definition) is 1. The normalized spacial score (nSPS) is 17.7. The lowest BCUT2D eigenvalue weighted by Crippen LogP contribution is -2.43. The number of carbonyl (C=O) groups is 2. The lowest BCUT2D eigenvalue weighted by atomic mass is 10.1. The molecule has 0 unspecified atom stereocenters. The summed E-state index contributed by atoms with van der Waals surface area (Å²) in [6, 6.07) is 11.4. The maximum Gasteiger partial charge on any atom is 0.254 e. The highest BCUT2D eigenvalue weighted by atomic mass is 16.5. The van der Waals surface area contributed by atoms with E-state index in [0.29, 0.717) is 45.0 Å². The summed E-state index contributed by atoms with van der Waals surface area (Å²) in [5.74, 6) is 0.656. The Bertz CT molecular complexity index is 1140. The molecule has 1 atom stereocenters. The van der Waals surface area contributed by atoms with Crippen LogP contribution in [0.1, 0.15) is 34.1 Å². The first-order valence-corrected chi connectivity index (χ1v) is 10.9. The zero-order valence-corrected chi connectivity index (χ0v) is 18.1. The monoisotopic (exact) mass is 444 g/mol. The molecule has 0 radical (unpaired) electrons. The van der Waals surface area contributed by atoms with Gasteiger partial charge < -0.3 is 19.9 Å². The largest absolute Gasteiger partial charge is 0.368 e. The molecule has 168 valence electrons. The molecule has 2 aliphatic rings. The first kappa shape index (κ1) is 21.0. The van der Waals surface area contributed by atoms with Gasteiger partial charge in [-0.1, -0.05) is 18.2 Å². The van der Waals surface area contributed by atoms with E-state index in [-0.39, 0.29) is 17.9 Å². The number of morpholine rings is 1. The number of nitrogens with one attached hydrogen (secondary N) is 1. The van der Waals surface area contributed by atoms with Crippen molar-refractivity contribution in [3.63, 3.8) is 0 Å². The third kappa shape index (κ3) is 4.68. The number of carbonyl (C=O) groups excluding carboxylic acids is 2. The Kier molecular flexibility index (Phi) is 5.95. The minimum atomic E-state index is -0.286. The molecular weight excluding hydrogens is 420 g/mol. The van der Waals surface area contributed by atoms with Crippen molar-refractivity contribution in [3.8, 4) is 0 Å². The highest BCUT2D eigenvalue weighted by molar-refractivity contribution is 5.98. The van der Waals surface area contributed by atoms with E-state index in [0.717, 1.165) is 22.5 Å². The number of nitrogens with zero attached hydrogens (tertiary/aromatic N) is 5. The van der Waals surface area contributed by atoms with E-state index in [1.165, 1.54) is 0 Å². The van der Waals surface area contributed by atoms with Gasteiger partial charge in [-0.3, -0.25) is 19.6 Å². The fourth-order valence-corrected chi connectivity index (χ4v) is 4.12. The number of fused-ring (bicyclic) bond motifs is 1. The van der Waals surface area contributed by atoms with Crippen LogP contribution in [0, 0.1) is 0 Å². The standard InChI is InChI=1S/C24H24N6O3/c31-23(7-10-30-15-17-3-1-2-4-19(17)24(30)32)29-11-12-33-21(16-29)20-6-5-18(13-27-20)28-22-14-25-8-9-26-22/h1-6,8-9,13-14,21H,7,10-12,15-16H2,(H,26,28)/t21-/m1/s1. The van der Waals surface area contributed by atoms with Crippen molar-refractivity contribution in [2.75, 3.05) is 31.6 Å². The van der Waals surface area contributed by atoms with Crippen LogP contribution in [0.2, 0.25) is 0 Å². The van der Waals surface area contributed by atoms with Crippen LogP contribution in [-0.2, 0) is 16.1 Å². The summed E-state index contributed by atoms with van der Waals surface area (Å²) in [6.45, 7) is 2.40. The molecule has 1 aromatic carbocycles. The lowest BCUT2D eigenvalue weighted by Gasteiger charge is -2.33. The highest BCUT2D eigenvalue weighted by Crippen LogP contribution is 2.24. The van der Waals surface area contributed by atoms with Crippen LogP contribution in [0.4, 0.5) is 11.5 Å². The predicted octanol–water partition coefficient (Wildman–Crippen LogP) is 2.56. The van der Waals surface area contributed by atoms with Crippen LogP contribution in [0.25, 0.3) is 0 Å². The maximum absolute atomic E-state index is 12.9. The number of anilines is 2. The van der Waals surface area contributed by atoms with Crippen molar-refractivity contribution in [2.45, 2.75) is 19.1 Å². The molecule has 9 nitrogen and oxygen atoms in total. The van der Waals surface area contributed by atoms with Gasteiger partial charge in [0.2, 0.25) is 5.91 Å². The van der Waals surface area contributed by atoms with E-state index in [2.05, 4.69) is 20.3 Å². The van der Waals surface area contributed by atoms with Gasteiger partial charge in [0.1, 0.15) is 11.9 Å². The molecule has 5 rings (SSSR count). The molecule has 9 heteroatoms. The van der Waals surface area contributed by atoms with Gasteiger partial charge in [-0.15, -0.1) is 0 Å². The number of rotatable bonds is 6. The molecule has 0 bridgehead atoms. The third-order valence-corrected chi connectivity index (χ3v) is 5.86. The van der Waals surface area contributed by atoms with Gasteiger partial charge in [-0.25, -0.2) is 4.98 Å². The van der Waals surface area contributed by atoms with E-state index in [1.807, 2.05) is 36.4 Å². The minimum Gasteiger partial charge on any atom is -0.368 e. The van der Waals surface area contributed by atoms with Crippen LogP contribution in [-0.4, -0.2) is 62.8 Å². The molecule has 0 saturated carbocycles. The second kappa shape index (κ2) is 9.33.